The number of hydrogen-bond donors (Lipinski definition) is 1. The number of pyridine rings is 2. The molecule has 1 atom stereocenters. The minimum Gasteiger partial charge on any atom is -0.421 e. The quantitative estimate of drug-likeness (QED) is 0.321. The number of carbonyl (C=O) groups excluding carboxylic acids is 1. The third-order valence-corrected chi connectivity index (χ3v) is 8.57. The Balaban J connectivity index is 1.50. The molecule has 0 radical (unpaired) electrons. The summed E-state index contributed by atoms with van der Waals surface area (Å²) < 4.78 is 21.3. The molecule has 10 heteroatoms. The van der Waals surface area contributed by atoms with Crippen LogP contribution < -0.4 is 5.73 Å². The molecule has 8 nitrogen and oxygen atoms in total. The van der Waals surface area contributed by atoms with Crippen molar-refractivity contribution in [3.8, 4) is 21.9 Å². The van der Waals surface area contributed by atoms with Gasteiger partial charge in [-0.1, -0.05) is 18.2 Å². The summed E-state index contributed by atoms with van der Waals surface area (Å²) in [4.78, 5) is 25.9. The standard InChI is InChI=1S/C28H23FN6O2S/c1-14-33-34-27(37-14)21-18(9-8-15-5-2-3-6-17(15)29)32-24-19-7-4-12-35(19)28(36)23(24)22(21)20-13-16-10-11-31-26(30)25(16)38-20/h2-3,5-6,10-11,13,19H,4,7-9,12H2,1H3,(H2,30,31). The van der Waals surface area contributed by atoms with Crippen LogP contribution in [0.5, 0.6) is 0 Å². The van der Waals surface area contributed by atoms with Gasteiger partial charge in [-0.05, 0) is 54.8 Å². The van der Waals surface area contributed by atoms with Crippen molar-refractivity contribution in [3.05, 3.63) is 76.8 Å². The van der Waals surface area contributed by atoms with Crippen LogP contribution in [0.4, 0.5) is 10.2 Å². The van der Waals surface area contributed by atoms with E-state index >= 15 is 0 Å². The number of nitrogens with zero attached hydrogens (tertiary/aromatic N) is 5. The topological polar surface area (TPSA) is 111 Å². The van der Waals surface area contributed by atoms with E-state index in [0.717, 1.165) is 39.1 Å². The summed E-state index contributed by atoms with van der Waals surface area (Å²) in [5.41, 5.74) is 10.2. The summed E-state index contributed by atoms with van der Waals surface area (Å²) in [5.74, 6) is 0.842. The van der Waals surface area contributed by atoms with E-state index in [1.807, 2.05) is 23.1 Å². The van der Waals surface area contributed by atoms with E-state index in [-0.39, 0.29) is 17.8 Å². The summed E-state index contributed by atoms with van der Waals surface area (Å²) in [6.45, 7) is 2.42. The summed E-state index contributed by atoms with van der Waals surface area (Å²) >= 11 is 1.48. The van der Waals surface area contributed by atoms with E-state index in [0.29, 0.717) is 59.4 Å². The van der Waals surface area contributed by atoms with Crippen LogP contribution in [-0.2, 0) is 12.8 Å². The fourth-order valence-corrected chi connectivity index (χ4v) is 6.78. The lowest BCUT2D eigenvalue weighted by molar-refractivity contribution is 0.0776. The number of halogens is 1. The van der Waals surface area contributed by atoms with Gasteiger partial charge in [0.15, 0.2) is 0 Å². The van der Waals surface area contributed by atoms with Gasteiger partial charge in [0.2, 0.25) is 11.8 Å². The maximum absolute atomic E-state index is 14.5. The molecule has 1 aromatic carbocycles. The van der Waals surface area contributed by atoms with E-state index in [2.05, 4.69) is 15.2 Å². The molecule has 0 bridgehead atoms. The number of amides is 1. The Morgan fingerprint density at radius 1 is 1.16 bits per heavy atom. The van der Waals surface area contributed by atoms with E-state index in [1.165, 1.54) is 17.4 Å². The fourth-order valence-electron chi connectivity index (χ4n) is 5.67. The zero-order valence-corrected chi connectivity index (χ0v) is 21.4. The Hall–Kier alpha value is -4.18. The van der Waals surface area contributed by atoms with Crippen molar-refractivity contribution in [1.82, 2.24) is 25.1 Å². The first-order valence-electron chi connectivity index (χ1n) is 12.6. The van der Waals surface area contributed by atoms with Crippen molar-refractivity contribution in [2.45, 2.75) is 38.6 Å². The zero-order valence-electron chi connectivity index (χ0n) is 20.6. The summed E-state index contributed by atoms with van der Waals surface area (Å²) in [6.07, 6.45) is 4.35. The molecular weight excluding hydrogens is 503 g/mol. The van der Waals surface area contributed by atoms with Crippen LogP contribution in [0.25, 0.3) is 32.0 Å². The second-order valence-corrected chi connectivity index (χ2v) is 10.7. The first kappa shape index (κ1) is 23.0. The van der Waals surface area contributed by atoms with Gasteiger partial charge in [-0.15, -0.1) is 21.5 Å². The lowest BCUT2D eigenvalue weighted by Gasteiger charge is -2.16. The second kappa shape index (κ2) is 8.70. The van der Waals surface area contributed by atoms with Crippen LogP contribution in [0.3, 0.4) is 0 Å². The number of hydrogen-bond acceptors (Lipinski definition) is 8. The molecule has 0 spiro atoms. The first-order valence-corrected chi connectivity index (χ1v) is 13.4. The van der Waals surface area contributed by atoms with Gasteiger partial charge in [-0.25, -0.2) is 9.37 Å². The average molecular weight is 527 g/mol. The SMILES string of the molecule is Cc1nnc(-c2c(CCc3ccccc3F)nc3c(c2-c2cc4ccnc(N)c4s2)C(=O)N2CCCC32)o1. The van der Waals surface area contributed by atoms with E-state index in [4.69, 9.17) is 15.1 Å². The van der Waals surface area contributed by atoms with Crippen LogP contribution in [0.1, 0.15) is 52.1 Å². The minimum atomic E-state index is -0.256. The van der Waals surface area contributed by atoms with Gasteiger partial charge in [0.05, 0.1) is 33.3 Å². The Kier molecular flexibility index (Phi) is 5.26. The highest BCUT2D eigenvalue weighted by Gasteiger charge is 2.44. The molecule has 4 aromatic heterocycles. The number of benzene rings is 1. The van der Waals surface area contributed by atoms with Gasteiger partial charge >= 0.3 is 0 Å². The third-order valence-electron chi connectivity index (χ3n) is 7.38. The third kappa shape index (κ3) is 3.51. The van der Waals surface area contributed by atoms with E-state index < -0.39 is 0 Å². The number of nitrogen functional groups attached to an aromatic ring is 1. The molecular formula is C28H23FN6O2S. The van der Waals surface area contributed by atoms with Crippen molar-refractivity contribution in [2.24, 2.45) is 0 Å². The molecule has 7 rings (SSSR count). The largest absolute Gasteiger partial charge is 0.421 e. The lowest BCUT2D eigenvalue weighted by Crippen LogP contribution is -2.22. The number of rotatable bonds is 5. The predicted octanol–water partition coefficient (Wildman–Crippen LogP) is 5.51. The van der Waals surface area contributed by atoms with Gasteiger partial charge in [-0.2, -0.15) is 0 Å². The highest BCUT2D eigenvalue weighted by atomic mass is 32.1. The van der Waals surface area contributed by atoms with Gasteiger partial charge in [0.25, 0.3) is 5.91 Å². The van der Waals surface area contributed by atoms with Crippen LogP contribution in [0.2, 0.25) is 0 Å². The summed E-state index contributed by atoms with van der Waals surface area (Å²) in [7, 11) is 0. The molecule has 38 heavy (non-hydrogen) atoms. The summed E-state index contributed by atoms with van der Waals surface area (Å²) in [6, 6.07) is 10.6. The maximum Gasteiger partial charge on any atom is 0.257 e. The van der Waals surface area contributed by atoms with Crippen LogP contribution >= 0.6 is 11.3 Å². The van der Waals surface area contributed by atoms with Crippen LogP contribution in [0.15, 0.2) is 47.0 Å². The second-order valence-electron chi connectivity index (χ2n) is 9.67. The number of aryl methyl sites for hydroxylation is 3. The fraction of sp³-hybridized carbons (Fsp3) is 0.250. The highest BCUT2D eigenvalue weighted by molar-refractivity contribution is 7.22. The van der Waals surface area contributed by atoms with Gasteiger partial charge in [-0.3, -0.25) is 9.78 Å². The molecule has 1 amide bonds. The average Bonchev–Trinajstić information content (AvgIpc) is 3.69. The van der Waals surface area contributed by atoms with Gasteiger partial charge < -0.3 is 15.1 Å². The van der Waals surface area contributed by atoms with E-state index in [1.54, 1.807) is 25.3 Å². The highest BCUT2D eigenvalue weighted by Crippen LogP contribution is 2.50. The van der Waals surface area contributed by atoms with Crippen molar-refractivity contribution in [3.63, 3.8) is 0 Å². The molecule has 5 aromatic rings. The van der Waals surface area contributed by atoms with Crippen molar-refractivity contribution in [1.29, 1.82) is 0 Å². The minimum absolute atomic E-state index is 0.0355. The number of fused-ring (bicyclic) bond motifs is 4. The molecule has 2 aliphatic heterocycles. The lowest BCUT2D eigenvalue weighted by atomic mass is 9.93. The molecule has 1 unspecified atom stereocenters. The first-order chi connectivity index (χ1) is 18.5. The van der Waals surface area contributed by atoms with Crippen molar-refractivity contribution in [2.75, 3.05) is 12.3 Å². The van der Waals surface area contributed by atoms with E-state index in [9.17, 15) is 9.18 Å². The molecule has 2 N–H and O–H groups in total. The van der Waals surface area contributed by atoms with Crippen molar-refractivity contribution >= 4 is 33.1 Å². The van der Waals surface area contributed by atoms with Gasteiger partial charge in [0, 0.05) is 30.1 Å². The molecule has 1 saturated heterocycles. The number of nitrogens with two attached hydrogens (primary N) is 1. The van der Waals surface area contributed by atoms with Crippen molar-refractivity contribution < 1.29 is 13.6 Å². The molecule has 0 aliphatic carbocycles. The molecule has 1 fully saturated rings. The molecule has 0 saturated carbocycles. The Morgan fingerprint density at radius 3 is 2.82 bits per heavy atom. The number of thiophene rings is 1. The number of aromatic nitrogens is 4. The van der Waals surface area contributed by atoms with Crippen LogP contribution in [-0.4, -0.2) is 37.5 Å². The molecule has 190 valence electrons. The normalized spacial score (nSPS) is 16.4. The Labute approximate surface area is 221 Å². The number of anilines is 1. The Morgan fingerprint density at radius 2 is 2.03 bits per heavy atom. The molecule has 2 aliphatic rings. The van der Waals surface area contributed by atoms with Gasteiger partial charge in [0.1, 0.15) is 11.6 Å². The number of carbonyl (C=O) groups is 1. The Bertz CT molecular complexity index is 1750. The zero-order chi connectivity index (χ0) is 26.0. The monoisotopic (exact) mass is 526 g/mol. The smallest absolute Gasteiger partial charge is 0.257 e. The summed E-state index contributed by atoms with van der Waals surface area (Å²) in [5, 5.41) is 9.35. The van der Waals surface area contributed by atoms with Crippen LogP contribution in [0, 0.1) is 12.7 Å². The molecule has 6 heterocycles. The maximum atomic E-state index is 14.5. The predicted molar refractivity (Wildman–Crippen MR) is 142 cm³/mol.